The van der Waals surface area contributed by atoms with Crippen LogP contribution in [0.4, 0.5) is 24.7 Å². The molecule has 0 saturated carbocycles. The molecule has 5 rings (SSSR count). The lowest BCUT2D eigenvalue weighted by Gasteiger charge is -2.42. The molecule has 1 fully saturated rings. The molecule has 0 spiro atoms. The summed E-state index contributed by atoms with van der Waals surface area (Å²) in [5.41, 5.74) is 6.60. The lowest BCUT2D eigenvalue weighted by atomic mass is 10.0. The molecular formula is C25H26F3N7O4S. The minimum absolute atomic E-state index is 0.0164. The number of halogens is 3. The van der Waals surface area contributed by atoms with E-state index in [2.05, 4.69) is 15.2 Å². The number of alkyl halides is 3. The average Bonchev–Trinajstić information content (AvgIpc) is 3.45. The largest absolute Gasteiger partial charge is 0.408 e. The van der Waals surface area contributed by atoms with Crippen LogP contribution < -0.4 is 10.6 Å². The SMILES string of the molecule is C[C@H]1COC(C)(C)C(=O)N1c1cc(-c2cc(-c3ccnn3CC(F)(F)F)c3c(N)ncnn23)ccc1S(C)(=O)=O. The number of nitrogens with two attached hydrogens (primary N) is 1. The molecular weight excluding hydrogens is 551 g/mol. The highest BCUT2D eigenvalue weighted by Gasteiger charge is 2.42. The zero-order valence-corrected chi connectivity index (χ0v) is 22.8. The summed E-state index contributed by atoms with van der Waals surface area (Å²) in [6.07, 6.45) is -1.03. The van der Waals surface area contributed by atoms with Crippen LogP contribution in [0.25, 0.3) is 28.0 Å². The fraction of sp³-hybridized carbons (Fsp3) is 0.360. The van der Waals surface area contributed by atoms with Crippen molar-refractivity contribution >= 4 is 32.8 Å². The first-order valence-electron chi connectivity index (χ1n) is 12.1. The number of nitrogen functional groups attached to an aromatic ring is 1. The molecule has 0 bridgehead atoms. The number of sulfone groups is 1. The van der Waals surface area contributed by atoms with E-state index in [4.69, 9.17) is 10.5 Å². The van der Waals surface area contributed by atoms with Gasteiger partial charge in [-0.25, -0.2) is 17.9 Å². The second-order valence-corrected chi connectivity index (χ2v) is 12.1. The molecule has 0 radical (unpaired) electrons. The van der Waals surface area contributed by atoms with Crippen LogP contribution in [0.2, 0.25) is 0 Å². The predicted molar refractivity (Wildman–Crippen MR) is 140 cm³/mol. The van der Waals surface area contributed by atoms with Crippen molar-refractivity contribution in [3.05, 3.63) is 42.9 Å². The van der Waals surface area contributed by atoms with Crippen LogP contribution in [0.1, 0.15) is 20.8 Å². The van der Waals surface area contributed by atoms with Crippen LogP contribution >= 0.6 is 0 Å². The summed E-state index contributed by atoms with van der Waals surface area (Å²) in [7, 11) is -3.77. The van der Waals surface area contributed by atoms with E-state index in [-0.39, 0.29) is 34.2 Å². The van der Waals surface area contributed by atoms with Gasteiger partial charge in [0, 0.05) is 23.6 Å². The fourth-order valence-electron chi connectivity index (χ4n) is 4.81. The van der Waals surface area contributed by atoms with Crippen molar-refractivity contribution in [2.24, 2.45) is 0 Å². The Balaban J connectivity index is 1.75. The Morgan fingerprint density at radius 1 is 1.15 bits per heavy atom. The van der Waals surface area contributed by atoms with Crippen LogP contribution in [0.5, 0.6) is 0 Å². The number of hydrogen-bond donors (Lipinski definition) is 1. The number of rotatable bonds is 5. The summed E-state index contributed by atoms with van der Waals surface area (Å²) in [4.78, 5) is 18.8. The smallest absolute Gasteiger partial charge is 0.382 e. The van der Waals surface area contributed by atoms with Crippen molar-refractivity contribution in [2.75, 3.05) is 23.5 Å². The summed E-state index contributed by atoms with van der Waals surface area (Å²) in [6, 6.07) is 7.00. The number of morpholine rings is 1. The van der Waals surface area contributed by atoms with Crippen LogP contribution in [0.15, 0.2) is 47.8 Å². The van der Waals surface area contributed by atoms with Crippen molar-refractivity contribution in [3.8, 4) is 22.5 Å². The number of carbonyl (C=O) groups excluding carboxylic acids is 1. The molecule has 0 aliphatic carbocycles. The Labute approximate surface area is 227 Å². The van der Waals surface area contributed by atoms with Gasteiger partial charge in [-0.1, -0.05) is 6.07 Å². The zero-order chi connectivity index (χ0) is 29.2. The molecule has 11 nitrogen and oxygen atoms in total. The molecule has 1 atom stereocenters. The number of benzene rings is 1. The van der Waals surface area contributed by atoms with Crippen molar-refractivity contribution in [1.29, 1.82) is 0 Å². The zero-order valence-electron chi connectivity index (χ0n) is 22.0. The van der Waals surface area contributed by atoms with Crippen molar-refractivity contribution in [2.45, 2.75) is 50.0 Å². The Kier molecular flexibility index (Phi) is 6.41. The third-order valence-corrected chi connectivity index (χ3v) is 7.82. The van der Waals surface area contributed by atoms with Gasteiger partial charge in [-0.05, 0) is 45.0 Å². The van der Waals surface area contributed by atoms with Gasteiger partial charge in [0.2, 0.25) is 0 Å². The lowest BCUT2D eigenvalue weighted by molar-refractivity contribution is -0.147. The van der Waals surface area contributed by atoms with Gasteiger partial charge in [0.15, 0.2) is 15.7 Å². The van der Waals surface area contributed by atoms with Gasteiger partial charge in [0.25, 0.3) is 5.91 Å². The fourth-order valence-corrected chi connectivity index (χ4v) is 5.66. The van der Waals surface area contributed by atoms with Gasteiger partial charge < -0.3 is 15.4 Å². The third kappa shape index (κ3) is 4.79. The molecule has 0 unspecified atom stereocenters. The Bertz CT molecular complexity index is 1740. The first-order valence-corrected chi connectivity index (χ1v) is 14.0. The molecule has 1 aromatic carbocycles. The summed E-state index contributed by atoms with van der Waals surface area (Å²) < 4.78 is 73.2. The maximum absolute atomic E-state index is 13.4. The van der Waals surface area contributed by atoms with Gasteiger partial charge in [0.05, 0.1) is 34.6 Å². The normalized spacial score (nSPS) is 18.0. The molecule has 3 aromatic heterocycles. The van der Waals surface area contributed by atoms with Crippen molar-refractivity contribution in [3.63, 3.8) is 0 Å². The Morgan fingerprint density at radius 3 is 2.55 bits per heavy atom. The second kappa shape index (κ2) is 9.30. The van der Waals surface area contributed by atoms with E-state index < -0.39 is 40.1 Å². The van der Waals surface area contributed by atoms with E-state index in [9.17, 15) is 26.4 Å². The van der Waals surface area contributed by atoms with Crippen LogP contribution in [0.3, 0.4) is 0 Å². The van der Waals surface area contributed by atoms with Gasteiger partial charge in [-0.15, -0.1) is 0 Å². The lowest BCUT2D eigenvalue weighted by Crippen LogP contribution is -2.58. The van der Waals surface area contributed by atoms with Crippen molar-refractivity contribution in [1.82, 2.24) is 24.4 Å². The van der Waals surface area contributed by atoms with Gasteiger partial charge in [-0.2, -0.15) is 23.4 Å². The average molecular weight is 578 g/mol. The summed E-state index contributed by atoms with van der Waals surface area (Å²) >= 11 is 0. The van der Waals surface area contributed by atoms with Crippen LogP contribution in [-0.4, -0.2) is 69.4 Å². The number of fused-ring (bicyclic) bond motifs is 1. The molecule has 4 aromatic rings. The monoisotopic (exact) mass is 577 g/mol. The Morgan fingerprint density at radius 2 is 1.88 bits per heavy atom. The van der Waals surface area contributed by atoms with Crippen LogP contribution in [0, 0.1) is 0 Å². The van der Waals surface area contributed by atoms with E-state index in [1.165, 1.54) is 40.1 Å². The standard InChI is InChI=1S/C25H26F3N7O4S/c1-14-11-39-24(2,3)23(36)34(14)19-9-15(5-6-20(19)40(4,37)38)18-10-16(21-22(29)30-13-32-35(18)21)17-7-8-31-33(17)12-25(26,27)28/h5-10,13-14H,11-12H2,1-4H3,(H2,29,30,32)/t14-/m0/s1. The van der Waals surface area contributed by atoms with Crippen LogP contribution in [-0.2, 0) is 25.9 Å². The third-order valence-electron chi connectivity index (χ3n) is 6.68. The minimum atomic E-state index is -4.52. The summed E-state index contributed by atoms with van der Waals surface area (Å²) in [6.45, 7) is 3.81. The molecule has 15 heteroatoms. The molecule has 1 amide bonds. The number of aromatic nitrogens is 5. The topological polar surface area (TPSA) is 138 Å². The maximum atomic E-state index is 13.4. The number of anilines is 2. The van der Waals surface area contributed by atoms with Gasteiger partial charge >= 0.3 is 6.18 Å². The number of amides is 1. The first-order chi connectivity index (χ1) is 18.6. The van der Waals surface area contributed by atoms with Gasteiger partial charge in [-0.3, -0.25) is 9.48 Å². The van der Waals surface area contributed by atoms with Crippen molar-refractivity contribution < 1.29 is 31.1 Å². The highest BCUT2D eigenvalue weighted by molar-refractivity contribution is 7.90. The predicted octanol–water partition coefficient (Wildman–Crippen LogP) is 3.34. The van der Waals surface area contributed by atoms with Gasteiger partial charge in [0.1, 0.15) is 24.0 Å². The minimum Gasteiger partial charge on any atom is -0.382 e. The summed E-state index contributed by atoms with van der Waals surface area (Å²) in [5, 5.41) is 8.10. The molecule has 1 saturated heterocycles. The Hall–Kier alpha value is -3.98. The number of hydrogen-bond acceptors (Lipinski definition) is 8. The molecule has 1 aliphatic heterocycles. The molecule has 2 N–H and O–H groups in total. The number of carbonyl (C=O) groups is 1. The number of nitrogens with zero attached hydrogens (tertiary/aromatic N) is 6. The summed E-state index contributed by atoms with van der Waals surface area (Å²) in [5.74, 6) is -0.403. The molecule has 40 heavy (non-hydrogen) atoms. The highest BCUT2D eigenvalue weighted by atomic mass is 32.2. The molecule has 212 valence electrons. The second-order valence-electron chi connectivity index (χ2n) is 10.1. The molecule has 4 heterocycles. The molecule has 1 aliphatic rings. The van der Waals surface area contributed by atoms with E-state index >= 15 is 0 Å². The first kappa shape index (κ1) is 27.6. The quantitative estimate of drug-likeness (QED) is 0.381. The number of ether oxygens (including phenoxy) is 1. The van der Waals surface area contributed by atoms with E-state index in [1.807, 2.05) is 0 Å². The van der Waals surface area contributed by atoms with E-state index in [0.29, 0.717) is 16.8 Å². The van der Waals surface area contributed by atoms with E-state index in [1.54, 1.807) is 32.9 Å². The maximum Gasteiger partial charge on any atom is 0.408 e. The van der Waals surface area contributed by atoms with E-state index in [0.717, 1.165) is 10.9 Å². The highest BCUT2D eigenvalue weighted by Crippen LogP contribution is 2.39.